The number of ether oxygens (including phenoxy) is 1. The molecular weight excluding hydrogens is 457 g/mol. The minimum Gasteiger partial charge on any atom is -0.508 e. The highest BCUT2D eigenvalue weighted by molar-refractivity contribution is 5.94. The van der Waals surface area contributed by atoms with E-state index >= 15 is 4.39 Å². The van der Waals surface area contributed by atoms with Gasteiger partial charge in [0.25, 0.3) is 0 Å². The number of aromatic hydroxyl groups is 1. The number of fused-ring (bicyclic) bond motifs is 1. The van der Waals surface area contributed by atoms with E-state index in [0.717, 1.165) is 0 Å². The Hall–Kier alpha value is -4.51. The van der Waals surface area contributed by atoms with Crippen molar-refractivity contribution in [1.29, 1.82) is 0 Å². The summed E-state index contributed by atoms with van der Waals surface area (Å²) in [6, 6.07) is 12.2. The number of phenolic OH excluding ortho intramolecular Hbond substituents is 1. The van der Waals surface area contributed by atoms with Crippen molar-refractivity contribution < 1.29 is 23.6 Å². The number of phenols is 1. The smallest absolute Gasteiger partial charge is 0.433 e. The molecule has 0 spiro atoms. The molecule has 2 N–H and O–H groups in total. The number of nitrogens with zero attached hydrogens (tertiary/aromatic N) is 4. The standard InChI is InChI=1S/C24H20FN5O5/c25-19-14-20-18(13-21(19)29-9-11-34-12-10-29)24(26-15-1-3-16(31)4-2-15)28-22(27-20)7-5-17-6-8-23(35-17)30(32)33/h1-8,13-14,31H,9-12H2,(H,26,27,28). The number of anilines is 3. The van der Waals surface area contributed by atoms with Gasteiger partial charge in [-0.1, -0.05) is 0 Å². The van der Waals surface area contributed by atoms with Crippen molar-refractivity contribution in [2.24, 2.45) is 0 Å². The summed E-state index contributed by atoms with van der Waals surface area (Å²) in [6.07, 6.45) is 3.02. The van der Waals surface area contributed by atoms with Gasteiger partial charge in [0.15, 0.2) is 5.82 Å². The summed E-state index contributed by atoms with van der Waals surface area (Å²) < 4.78 is 25.6. The largest absolute Gasteiger partial charge is 0.508 e. The third-order valence-corrected chi connectivity index (χ3v) is 5.45. The van der Waals surface area contributed by atoms with Crippen LogP contribution in [0.1, 0.15) is 11.6 Å². The third kappa shape index (κ3) is 4.89. The number of furan rings is 1. The van der Waals surface area contributed by atoms with Gasteiger partial charge >= 0.3 is 5.88 Å². The lowest BCUT2D eigenvalue weighted by molar-refractivity contribution is -0.402. The molecule has 0 amide bonds. The van der Waals surface area contributed by atoms with Gasteiger partial charge in [0.1, 0.15) is 28.1 Å². The van der Waals surface area contributed by atoms with E-state index in [0.29, 0.717) is 54.4 Å². The van der Waals surface area contributed by atoms with E-state index in [-0.39, 0.29) is 23.2 Å². The number of benzene rings is 2. The highest BCUT2D eigenvalue weighted by Crippen LogP contribution is 2.32. The molecule has 0 unspecified atom stereocenters. The Morgan fingerprint density at radius 1 is 1.09 bits per heavy atom. The highest BCUT2D eigenvalue weighted by atomic mass is 19.1. The highest BCUT2D eigenvalue weighted by Gasteiger charge is 2.19. The molecule has 35 heavy (non-hydrogen) atoms. The van der Waals surface area contributed by atoms with Gasteiger partial charge in [0, 0.05) is 30.2 Å². The molecule has 0 bridgehead atoms. The zero-order valence-electron chi connectivity index (χ0n) is 18.3. The van der Waals surface area contributed by atoms with Gasteiger partial charge in [-0.15, -0.1) is 0 Å². The predicted molar refractivity (Wildman–Crippen MR) is 128 cm³/mol. The molecule has 2 aromatic heterocycles. The Balaban J connectivity index is 1.56. The van der Waals surface area contributed by atoms with Crippen LogP contribution in [-0.4, -0.2) is 46.3 Å². The van der Waals surface area contributed by atoms with Gasteiger partial charge in [-0.25, -0.2) is 14.4 Å². The van der Waals surface area contributed by atoms with Crippen LogP contribution in [-0.2, 0) is 4.74 Å². The van der Waals surface area contributed by atoms with Crippen LogP contribution in [0, 0.1) is 15.9 Å². The second-order valence-electron chi connectivity index (χ2n) is 7.79. The number of hydrogen-bond acceptors (Lipinski definition) is 9. The number of morpholine rings is 1. The van der Waals surface area contributed by atoms with Gasteiger partial charge in [-0.05, 0) is 48.6 Å². The number of halogens is 1. The lowest BCUT2D eigenvalue weighted by Gasteiger charge is -2.29. The van der Waals surface area contributed by atoms with Crippen LogP contribution in [0.25, 0.3) is 23.1 Å². The lowest BCUT2D eigenvalue weighted by Crippen LogP contribution is -2.36. The zero-order chi connectivity index (χ0) is 24.4. The summed E-state index contributed by atoms with van der Waals surface area (Å²) in [4.78, 5) is 21.2. The summed E-state index contributed by atoms with van der Waals surface area (Å²) >= 11 is 0. The van der Waals surface area contributed by atoms with Crippen LogP contribution in [0.4, 0.5) is 27.5 Å². The Labute approximate surface area is 198 Å². The van der Waals surface area contributed by atoms with Crippen LogP contribution in [0.3, 0.4) is 0 Å². The molecule has 1 fully saturated rings. The molecule has 2 aromatic carbocycles. The quantitative estimate of drug-likeness (QED) is 0.230. The van der Waals surface area contributed by atoms with E-state index in [1.165, 1.54) is 42.5 Å². The normalized spacial score (nSPS) is 14.0. The first kappa shape index (κ1) is 22.3. The molecular formula is C24H20FN5O5. The molecule has 1 aliphatic heterocycles. The minimum absolute atomic E-state index is 0.121. The molecule has 4 aromatic rings. The molecule has 178 valence electrons. The topological polar surface area (TPSA) is 127 Å². The molecule has 0 radical (unpaired) electrons. The Morgan fingerprint density at radius 2 is 1.86 bits per heavy atom. The number of nitro groups is 1. The predicted octanol–water partition coefficient (Wildman–Crippen LogP) is 4.73. The van der Waals surface area contributed by atoms with Crippen LogP contribution in [0.2, 0.25) is 0 Å². The molecule has 1 aliphatic rings. The molecule has 3 heterocycles. The lowest BCUT2D eigenvalue weighted by atomic mass is 10.1. The maximum atomic E-state index is 15.1. The van der Waals surface area contributed by atoms with E-state index in [1.54, 1.807) is 18.2 Å². The average Bonchev–Trinajstić information content (AvgIpc) is 3.34. The van der Waals surface area contributed by atoms with Gasteiger partial charge in [-0.3, -0.25) is 10.1 Å². The van der Waals surface area contributed by atoms with Crippen molar-refractivity contribution in [3.63, 3.8) is 0 Å². The first-order valence-corrected chi connectivity index (χ1v) is 10.8. The summed E-state index contributed by atoms with van der Waals surface area (Å²) in [5.74, 6) is 0.261. The van der Waals surface area contributed by atoms with E-state index in [1.807, 2.05) is 4.90 Å². The molecule has 1 saturated heterocycles. The van der Waals surface area contributed by atoms with Crippen molar-refractivity contribution in [3.8, 4) is 5.75 Å². The summed E-state index contributed by atoms with van der Waals surface area (Å²) in [7, 11) is 0. The molecule has 0 saturated carbocycles. The van der Waals surface area contributed by atoms with Crippen LogP contribution in [0.15, 0.2) is 52.9 Å². The fourth-order valence-corrected chi connectivity index (χ4v) is 3.74. The maximum Gasteiger partial charge on any atom is 0.433 e. The summed E-state index contributed by atoms with van der Waals surface area (Å²) in [6.45, 7) is 2.17. The van der Waals surface area contributed by atoms with Crippen LogP contribution in [0.5, 0.6) is 5.75 Å². The van der Waals surface area contributed by atoms with Crippen molar-refractivity contribution in [3.05, 3.63) is 76.0 Å². The number of hydrogen-bond donors (Lipinski definition) is 2. The second kappa shape index (κ2) is 9.39. The third-order valence-electron chi connectivity index (χ3n) is 5.45. The Bertz CT molecular complexity index is 1410. The number of rotatable bonds is 6. The van der Waals surface area contributed by atoms with Crippen molar-refractivity contribution in [2.75, 3.05) is 36.5 Å². The van der Waals surface area contributed by atoms with Crippen molar-refractivity contribution >= 4 is 46.1 Å². The van der Waals surface area contributed by atoms with Crippen LogP contribution >= 0.6 is 0 Å². The molecule has 11 heteroatoms. The molecule has 5 rings (SSSR count). The van der Waals surface area contributed by atoms with Crippen molar-refractivity contribution in [2.45, 2.75) is 0 Å². The summed E-state index contributed by atoms with van der Waals surface area (Å²) in [5.41, 5.74) is 1.47. The zero-order valence-corrected chi connectivity index (χ0v) is 18.3. The maximum absolute atomic E-state index is 15.1. The fraction of sp³-hybridized carbons (Fsp3) is 0.167. The van der Waals surface area contributed by atoms with Gasteiger partial charge in [0.05, 0.1) is 30.5 Å². The van der Waals surface area contributed by atoms with Crippen LogP contribution < -0.4 is 10.2 Å². The SMILES string of the molecule is O=[N+]([O-])c1ccc(C=Cc2nc(Nc3ccc(O)cc3)c3cc(N4CCOCC4)c(F)cc3n2)o1. The van der Waals surface area contributed by atoms with Gasteiger partial charge in [0.2, 0.25) is 0 Å². The van der Waals surface area contributed by atoms with E-state index in [2.05, 4.69) is 15.3 Å². The Morgan fingerprint density at radius 3 is 2.57 bits per heavy atom. The van der Waals surface area contributed by atoms with E-state index < -0.39 is 10.7 Å². The van der Waals surface area contributed by atoms with Crippen molar-refractivity contribution in [1.82, 2.24) is 9.97 Å². The van der Waals surface area contributed by atoms with E-state index in [4.69, 9.17) is 9.15 Å². The van der Waals surface area contributed by atoms with E-state index in [9.17, 15) is 15.2 Å². The van der Waals surface area contributed by atoms with Gasteiger partial charge in [-0.2, -0.15) is 0 Å². The Kier molecular flexibility index (Phi) is 5.98. The second-order valence-corrected chi connectivity index (χ2v) is 7.79. The fourth-order valence-electron chi connectivity index (χ4n) is 3.74. The first-order chi connectivity index (χ1) is 17.0. The number of nitrogens with one attached hydrogen (secondary N) is 1. The minimum atomic E-state index is -0.627. The van der Waals surface area contributed by atoms with Gasteiger partial charge < -0.3 is 24.5 Å². The molecule has 0 aliphatic carbocycles. The average molecular weight is 477 g/mol. The summed E-state index contributed by atoms with van der Waals surface area (Å²) in [5, 5.41) is 24.2. The molecule has 0 atom stereocenters. The monoisotopic (exact) mass is 477 g/mol. The number of aromatic nitrogens is 2. The first-order valence-electron chi connectivity index (χ1n) is 10.8. The molecule has 10 nitrogen and oxygen atoms in total.